The zero-order valence-electron chi connectivity index (χ0n) is 8.12. The summed E-state index contributed by atoms with van der Waals surface area (Å²) in [6.45, 7) is 2.64. The highest BCUT2D eigenvalue weighted by atomic mass is 16.3. The molecule has 1 rings (SSSR count). The van der Waals surface area contributed by atoms with E-state index in [4.69, 9.17) is 0 Å². The van der Waals surface area contributed by atoms with Crippen LogP contribution in [0.4, 0.5) is 0 Å². The first-order valence-electron chi connectivity index (χ1n) is 4.55. The van der Waals surface area contributed by atoms with Crippen molar-refractivity contribution in [2.45, 2.75) is 19.4 Å². The molecule has 0 fully saturated rings. The van der Waals surface area contributed by atoms with Gasteiger partial charge in [0, 0.05) is 24.5 Å². The smallest absolute Gasteiger partial charge is 0.0931 e. The van der Waals surface area contributed by atoms with E-state index in [1.165, 1.54) is 0 Å². The fraction of sp³-hybridized carbons (Fsp3) is 0.500. The highest BCUT2D eigenvalue weighted by Crippen LogP contribution is 2.16. The molecule has 72 valence electrons. The maximum atomic E-state index is 9.73. The van der Waals surface area contributed by atoms with Crippen molar-refractivity contribution < 1.29 is 5.11 Å². The molecular formula is C10H16N2O. The van der Waals surface area contributed by atoms with E-state index in [1.807, 2.05) is 13.1 Å². The Labute approximate surface area is 78.8 Å². The Bertz CT molecular complexity index is 263. The monoisotopic (exact) mass is 180 g/mol. The lowest BCUT2D eigenvalue weighted by Crippen LogP contribution is -2.18. The Balaban J connectivity index is 2.85. The number of aromatic nitrogens is 1. The number of likely N-dealkylation sites (N-methyl/N-ethyl adjacent to an activating group) is 1. The van der Waals surface area contributed by atoms with Crippen LogP contribution < -0.4 is 5.32 Å². The maximum Gasteiger partial charge on any atom is 0.0931 e. The number of aliphatic hydroxyl groups excluding tert-OH is 1. The van der Waals surface area contributed by atoms with Crippen LogP contribution in [0.5, 0.6) is 0 Å². The van der Waals surface area contributed by atoms with Gasteiger partial charge in [0.15, 0.2) is 0 Å². The molecule has 0 aliphatic carbocycles. The molecule has 3 nitrogen and oxygen atoms in total. The molecule has 0 amide bonds. The zero-order chi connectivity index (χ0) is 9.68. The van der Waals surface area contributed by atoms with Gasteiger partial charge in [-0.25, -0.2) is 0 Å². The third-order valence-corrected chi connectivity index (χ3v) is 2.08. The molecule has 1 unspecified atom stereocenters. The maximum absolute atomic E-state index is 9.73. The zero-order valence-corrected chi connectivity index (χ0v) is 8.12. The van der Waals surface area contributed by atoms with Gasteiger partial charge in [0.2, 0.25) is 0 Å². The van der Waals surface area contributed by atoms with Crippen LogP contribution in [0, 0.1) is 0 Å². The molecule has 0 bridgehead atoms. The van der Waals surface area contributed by atoms with E-state index in [0.29, 0.717) is 6.54 Å². The van der Waals surface area contributed by atoms with Crippen LogP contribution in [0.2, 0.25) is 0 Å². The second-order valence-electron chi connectivity index (χ2n) is 3.00. The van der Waals surface area contributed by atoms with E-state index in [2.05, 4.69) is 17.2 Å². The molecule has 0 radical (unpaired) electrons. The third kappa shape index (κ3) is 2.50. The van der Waals surface area contributed by atoms with E-state index in [0.717, 1.165) is 17.5 Å². The Morgan fingerprint density at radius 2 is 2.38 bits per heavy atom. The van der Waals surface area contributed by atoms with Crippen LogP contribution in [0.25, 0.3) is 0 Å². The molecule has 0 aliphatic rings. The summed E-state index contributed by atoms with van der Waals surface area (Å²) in [4.78, 5) is 4.01. The van der Waals surface area contributed by atoms with Gasteiger partial charge in [-0.05, 0) is 25.1 Å². The van der Waals surface area contributed by atoms with E-state index in [-0.39, 0.29) is 0 Å². The molecule has 0 aromatic carbocycles. The molecule has 13 heavy (non-hydrogen) atoms. The summed E-state index contributed by atoms with van der Waals surface area (Å²) in [7, 11) is 1.82. The second-order valence-corrected chi connectivity index (χ2v) is 3.00. The molecule has 0 spiro atoms. The average molecular weight is 180 g/mol. The quantitative estimate of drug-likeness (QED) is 0.723. The normalized spacial score (nSPS) is 12.8. The van der Waals surface area contributed by atoms with Gasteiger partial charge in [0.05, 0.1) is 6.10 Å². The van der Waals surface area contributed by atoms with E-state index < -0.39 is 6.10 Å². The molecule has 3 heteroatoms. The summed E-state index contributed by atoms with van der Waals surface area (Å²) in [6.07, 6.45) is 3.97. The predicted octanol–water partition coefficient (Wildman–Crippen LogP) is 0.897. The standard InChI is InChI=1S/C10H16N2O/c1-3-8-4-5-12-6-9(8)10(13)7-11-2/h4-6,10-11,13H,3,7H2,1-2H3. The molecule has 1 heterocycles. The predicted molar refractivity (Wildman–Crippen MR) is 52.5 cm³/mol. The number of nitrogens with one attached hydrogen (secondary N) is 1. The van der Waals surface area contributed by atoms with E-state index in [9.17, 15) is 5.11 Å². The number of hydrogen-bond acceptors (Lipinski definition) is 3. The van der Waals surface area contributed by atoms with Gasteiger partial charge in [-0.3, -0.25) is 4.98 Å². The second kappa shape index (κ2) is 4.94. The van der Waals surface area contributed by atoms with Crippen molar-refractivity contribution in [2.75, 3.05) is 13.6 Å². The minimum Gasteiger partial charge on any atom is -0.387 e. The molecule has 1 aromatic rings. The summed E-state index contributed by atoms with van der Waals surface area (Å²) < 4.78 is 0. The SMILES string of the molecule is CCc1ccncc1C(O)CNC. The first kappa shape index (κ1) is 10.2. The highest BCUT2D eigenvalue weighted by molar-refractivity contribution is 5.25. The van der Waals surface area contributed by atoms with Crippen molar-refractivity contribution in [3.8, 4) is 0 Å². The summed E-state index contributed by atoms with van der Waals surface area (Å²) in [6, 6.07) is 1.95. The van der Waals surface area contributed by atoms with E-state index >= 15 is 0 Å². The van der Waals surface area contributed by atoms with Crippen LogP contribution in [0.15, 0.2) is 18.5 Å². The Kier molecular flexibility index (Phi) is 3.86. The number of aliphatic hydroxyl groups is 1. The number of nitrogens with zero attached hydrogens (tertiary/aromatic N) is 1. The number of rotatable bonds is 4. The van der Waals surface area contributed by atoms with Crippen molar-refractivity contribution >= 4 is 0 Å². The van der Waals surface area contributed by atoms with Crippen LogP contribution in [-0.2, 0) is 6.42 Å². The Morgan fingerprint density at radius 3 is 3.00 bits per heavy atom. The van der Waals surface area contributed by atoms with Crippen molar-refractivity contribution in [2.24, 2.45) is 0 Å². The summed E-state index contributed by atoms with van der Waals surface area (Å²) in [5.74, 6) is 0. The van der Waals surface area contributed by atoms with Crippen LogP contribution in [-0.4, -0.2) is 23.7 Å². The molecule has 2 N–H and O–H groups in total. The molecule has 0 aliphatic heterocycles. The molecule has 1 atom stereocenters. The lowest BCUT2D eigenvalue weighted by atomic mass is 10.0. The van der Waals surface area contributed by atoms with Gasteiger partial charge >= 0.3 is 0 Å². The lowest BCUT2D eigenvalue weighted by Gasteiger charge is -2.13. The number of aryl methyl sites for hydroxylation is 1. The van der Waals surface area contributed by atoms with Crippen molar-refractivity contribution in [1.82, 2.24) is 10.3 Å². The fourth-order valence-electron chi connectivity index (χ4n) is 1.36. The van der Waals surface area contributed by atoms with Crippen LogP contribution in [0.1, 0.15) is 24.2 Å². The molecule has 1 aromatic heterocycles. The molecular weight excluding hydrogens is 164 g/mol. The minimum atomic E-state index is -0.450. The Hall–Kier alpha value is -0.930. The Morgan fingerprint density at radius 1 is 1.62 bits per heavy atom. The first-order chi connectivity index (χ1) is 6.29. The number of hydrogen-bond donors (Lipinski definition) is 2. The summed E-state index contributed by atoms with van der Waals surface area (Å²) in [5, 5.41) is 12.7. The summed E-state index contributed by atoms with van der Waals surface area (Å²) in [5.41, 5.74) is 2.09. The minimum absolute atomic E-state index is 0.450. The van der Waals surface area contributed by atoms with Gasteiger partial charge in [-0.2, -0.15) is 0 Å². The number of pyridine rings is 1. The van der Waals surface area contributed by atoms with Gasteiger partial charge in [0.1, 0.15) is 0 Å². The van der Waals surface area contributed by atoms with Crippen molar-refractivity contribution in [1.29, 1.82) is 0 Å². The fourth-order valence-corrected chi connectivity index (χ4v) is 1.36. The third-order valence-electron chi connectivity index (χ3n) is 2.08. The summed E-state index contributed by atoms with van der Waals surface area (Å²) >= 11 is 0. The topological polar surface area (TPSA) is 45.2 Å². The van der Waals surface area contributed by atoms with E-state index in [1.54, 1.807) is 12.4 Å². The van der Waals surface area contributed by atoms with Crippen molar-refractivity contribution in [3.05, 3.63) is 29.6 Å². The van der Waals surface area contributed by atoms with Gasteiger partial charge < -0.3 is 10.4 Å². The first-order valence-corrected chi connectivity index (χ1v) is 4.55. The van der Waals surface area contributed by atoms with Crippen LogP contribution >= 0.6 is 0 Å². The molecule has 0 saturated carbocycles. The van der Waals surface area contributed by atoms with Gasteiger partial charge in [0.25, 0.3) is 0 Å². The van der Waals surface area contributed by atoms with Crippen molar-refractivity contribution in [3.63, 3.8) is 0 Å². The average Bonchev–Trinajstić information content (AvgIpc) is 2.18. The lowest BCUT2D eigenvalue weighted by molar-refractivity contribution is 0.176. The van der Waals surface area contributed by atoms with Gasteiger partial charge in [-0.1, -0.05) is 6.92 Å². The largest absolute Gasteiger partial charge is 0.387 e. The highest BCUT2D eigenvalue weighted by Gasteiger charge is 2.09. The van der Waals surface area contributed by atoms with Crippen LogP contribution in [0.3, 0.4) is 0 Å². The van der Waals surface area contributed by atoms with Gasteiger partial charge in [-0.15, -0.1) is 0 Å². The molecule has 0 saturated heterocycles.